The van der Waals surface area contributed by atoms with E-state index in [-0.39, 0.29) is 29.0 Å². The van der Waals surface area contributed by atoms with E-state index in [4.69, 9.17) is 38.3 Å². The molecule has 0 aromatic carbocycles. The SMILES string of the molecule is O[B-](O)(O)c1nc(Cl)ccc1Cl.[Li+]. The van der Waals surface area contributed by atoms with Gasteiger partial charge < -0.3 is 15.1 Å². The number of rotatable bonds is 1. The van der Waals surface area contributed by atoms with Gasteiger partial charge in [0.05, 0.1) is 0 Å². The molecule has 1 heterocycles. The van der Waals surface area contributed by atoms with E-state index in [0.717, 1.165) is 0 Å². The molecular formula is C5H5BCl2LiNO3. The molecule has 4 nitrogen and oxygen atoms in total. The number of hydrogen-bond donors (Lipinski definition) is 3. The molecule has 0 aliphatic carbocycles. The molecule has 0 bridgehead atoms. The second kappa shape index (κ2) is 4.67. The molecule has 0 unspecified atom stereocenters. The Labute approximate surface area is 96.7 Å². The van der Waals surface area contributed by atoms with Crippen molar-refractivity contribution in [1.82, 2.24) is 4.98 Å². The maximum atomic E-state index is 8.76. The van der Waals surface area contributed by atoms with Gasteiger partial charge in [0, 0.05) is 5.02 Å². The summed E-state index contributed by atoms with van der Waals surface area (Å²) in [6.07, 6.45) is 0. The summed E-state index contributed by atoms with van der Waals surface area (Å²) >= 11 is 10.9. The summed E-state index contributed by atoms with van der Waals surface area (Å²) in [5, 5.41) is 26.3. The monoisotopic (exact) mass is 215 g/mol. The maximum Gasteiger partial charge on any atom is 1.00 e. The molecule has 0 amide bonds. The number of halogens is 2. The van der Waals surface area contributed by atoms with Crippen LogP contribution in [0.2, 0.25) is 10.2 Å². The van der Waals surface area contributed by atoms with Gasteiger partial charge in [0.2, 0.25) is 0 Å². The van der Waals surface area contributed by atoms with Crippen molar-refractivity contribution in [2.75, 3.05) is 0 Å². The van der Waals surface area contributed by atoms with E-state index >= 15 is 0 Å². The van der Waals surface area contributed by atoms with E-state index in [2.05, 4.69) is 4.98 Å². The Kier molecular flexibility index (Phi) is 4.77. The van der Waals surface area contributed by atoms with Crippen LogP contribution in [-0.4, -0.2) is 26.8 Å². The summed E-state index contributed by atoms with van der Waals surface area (Å²) in [6, 6.07) is 2.68. The van der Waals surface area contributed by atoms with Crippen molar-refractivity contribution in [2.45, 2.75) is 0 Å². The van der Waals surface area contributed by atoms with Crippen molar-refractivity contribution in [2.24, 2.45) is 0 Å². The molecule has 1 rings (SSSR count). The number of aromatic nitrogens is 1. The van der Waals surface area contributed by atoms with Crippen LogP contribution < -0.4 is 24.5 Å². The van der Waals surface area contributed by atoms with Crippen molar-refractivity contribution in [3.05, 3.63) is 22.3 Å². The molecule has 0 fully saturated rings. The third kappa shape index (κ3) is 3.49. The first-order chi connectivity index (χ1) is 5.41. The fourth-order valence-electron chi connectivity index (χ4n) is 0.705. The Morgan fingerprint density at radius 1 is 1.15 bits per heavy atom. The second-order valence-corrected chi connectivity index (χ2v) is 3.03. The zero-order chi connectivity index (χ0) is 9.35. The molecule has 66 valence electrons. The molecule has 1 aromatic heterocycles. The Morgan fingerprint density at radius 3 is 2.08 bits per heavy atom. The van der Waals surface area contributed by atoms with Crippen LogP contribution in [0.3, 0.4) is 0 Å². The second-order valence-electron chi connectivity index (χ2n) is 2.23. The average Bonchev–Trinajstić information content (AvgIpc) is 1.92. The van der Waals surface area contributed by atoms with Crippen LogP contribution >= 0.6 is 23.2 Å². The quantitative estimate of drug-likeness (QED) is 0.336. The number of hydrogen-bond acceptors (Lipinski definition) is 4. The molecule has 8 heteroatoms. The Morgan fingerprint density at radius 2 is 1.69 bits per heavy atom. The molecule has 0 saturated heterocycles. The smallest absolute Gasteiger partial charge is 0.555 e. The Balaban J connectivity index is 0.00000144. The van der Waals surface area contributed by atoms with Gasteiger partial charge in [-0.15, -0.1) is 0 Å². The third-order valence-corrected chi connectivity index (χ3v) is 1.74. The van der Waals surface area contributed by atoms with Crippen molar-refractivity contribution >= 4 is 35.5 Å². The van der Waals surface area contributed by atoms with E-state index in [1.807, 2.05) is 0 Å². The standard InChI is InChI=1S/C5H5BCl2NO3.Li/c7-3-1-2-4(8)9-5(3)6(10,11)12;/h1-2,10-12H;/q-1;+1. The molecule has 0 saturated carbocycles. The molecule has 3 N–H and O–H groups in total. The third-order valence-electron chi connectivity index (χ3n) is 1.21. The van der Waals surface area contributed by atoms with Crippen molar-refractivity contribution in [3.63, 3.8) is 0 Å². The van der Waals surface area contributed by atoms with Gasteiger partial charge in [0.25, 0.3) is 0 Å². The van der Waals surface area contributed by atoms with Crippen LogP contribution in [0, 0.1) is 0 Å². The van der Waals surface area contributed by atoms with E-state index in [9.17, 15) is 0 Å². The first-order valence-corrected chi connectivity index (χ1v) is 3.81. The molecule has 1 aromatic rings. The van der Waals surface area contributed by atoms with Crippen LogP contribution in [0.5, 0.6) is 0 Å². The normalized spacial score (nSPS) is 10.8. The molecule has 0 radical (unpaired) electrons. The van der Waals surface area contributed by atoms with Crippen LogP contribution in [-0.2, 0) is 0 Å². The zero-order valence-corrected chi connectivity index (χ0v) is 8.29. The minimum atomic E-state index is -3.68. The minimum absolute atomic E-state index is 0. The van der Waals surface area contributed by atoms with Crippen molar-refractivity contribution in [3.8, 4) is 0 Å². The first-order valence-electron chi connectivity index (χ1n) is 3.05. The van der Waals surface area contributed by atoms with Gasteiger partial charge in [0.1, 0.15) is 5.15 Å². The fourth-order valence-corrected chi connectivity index (χ4v) is 1.11. The van der Waals surface area contributed by atoms with Crippen molar-refractivity contribution < 1.29 is 33.9 Å². The summed E-state index contributed by atoms with van der Waals surface area (Å²) in [6.45, 7) is -3.68. The van der Waals surface area contributed by atoms with E-state index in [0.29, 0.717) is 0 Å². The predicted molar refractivity (Wildman–Crippen MR) is 46.3 cm³/mol. The van der Waals surface area contributed by atoms with Crippen LogP contribution in [0.1, 0.15) is 0 Å². The van der Waals surface area contributed by atoms with Gasteiger partial charge in [-0.1, -0.05) is 23.2 Å². The summed E-state index contributed by atoms with van der Waals surface area (Å²) in [5.74, 6) is 0. The van der Waals surface area contributed by atoms with Gasteiger partial charge in [-0.25, -0.2) is 0 Å². The summed E-state index contributed by atoms with van der Waals surface area (Å²) in [5.41, 5.74) is -0.427. The average molecular weight is 216 g/mol. The minimum Gasteiger partial charge on any atom is -0.555 e. The summed E-state index contributed by atoms with van der Waals surface area (Å²) in [7, 11) is 0. The Hall–Kier alpha value is 0.272. The van der Waals surface area contributed by atoms with Gasteiger partial charge in [-0.3, -0.25) is 4.98 Å². The van der Waals surface area contributed by atoms with E-state index < -0.39 is 12.3 Å². The molecular weight excluding hydrogens is 211 g/mol. The molecule has 0 aliphatic heterocycles. The van der Waals surface area contributed by atoms with E-state index in [1.54, 1.807) is 0 Å². The molecule has 13 heavy (non-hydrogen) atoms. The summed E-state index contributed by atoms with van der Waals surface area (Å²) < 4.78 is 0. The maximum absolute atomic E-state index is 8.76. The predicted octanol–water partition coefficient (Wildman–Crippen LogP) is -3.48. The zero-order valence-electron chi connectivity index (χ0n) is 6.78. The summed E-state index contributed by atoms with van der Waals surface area (Å²) in [4.78, 5) is 3.46. The molecule has 0 aliphatic rings. The van der Waals surface area contributed by atoms with Crippen LogP contribution in [0.15, 0.2) is 12.1 Å². The van der Waals surface area contributed by atoms with Crippen LogP contribution in [0.4, 0.5) is 0 Å². The van der Waals surface area contributed by atoms with Gasteiger partial charge in [-0.2, -0.15) is 0 Å². The molecule has 0 spiro atoms. The van der Waals surface area contributed by atoms with Crippen molar-refractivity contribution in [1.29, 1.82) is 0 Å². The van der Waals surface area contributed by atoms with E-state index in [1.165, 1.54) is 12.1 Å². The van der Waals surface area contributed by atoms with Gasteiger partial charge in [0.15, 0.2) is 0 Å². The van der Waals surface area contributed by atoms with Gasteiger partial charge in [-0.05, 0) is 17.7 Å². The topological polar surface area (TPSA) is 73.6 Å². The number of nitrogens with zero attached hydrogens (tertiary/aromatic N) is 1. The fraction of sp³-hybridized carbons (Fsp3) is 0. The molecule has 0 atom stereocenters. The van der Waals surface area contributed by atoms with Crippen LogP contribution in [0.25, 0.3) is 0 Å². The first kappa shape index (κ1) is 13.3. The van der Waals surface area contributed by atoms with Gasteiger partial charge >= 0.3 is 25.6 Å². The largest absolute Gasteiger partial charge is 1.00 e. The Bertz CT molecular complexity index is 306. The number of pyridine rings is 1.